The standard InChI is InChI=1S/C22H23N7O2/c1-15-11-25-22(27-18-12-26-29(13-18)19-3-2-10-31-14-19)28-20(15)16-4-6-17(7-5-16)21(30)24-9-8-23/h4-7,11-13,19H,2-3,9-10,14H2,1H3,(H,24,30)(H,25,27,28). The number of nitriles is 1. The number of rotatable bonds is 6. The van der Waals surface area contributed by atoms with E-state index in [1.807, 2.05) is 36.0 Å². The van der Waals surface area contributed by atoms with Crippen LogP contribution in [0.25, 0.3) is 11.3 Å². The normalized spacial score (nSPS) is 15.8. The molecule has 2 N–H and O–H groups in total. The van der Waals surface area contributed by atoms with E-state index in [4.69, 9.17) is 10.00 Å². The Morgan fingerprint density at radius 3 is 2.90 bits per heavy atom. The number of aryl methyl sites for hydroxylation is 1. The molecule has 9 nitrogen and oxygen atoms in total. The topological polar surface area (TPSA) is 118 Å². The Kier molecular flexibility index (Phi) is 6.19. The van der Waals surface area contributed by atoms with Crippen molar-refractivity contribution in [2.75, 3.05) is 25.1 Å². The number of anilines is 2. The average Bonchev–Trinajstić information content (AvgIpc) is 3.28. The van der Waals surface area contributed by atoms with Gasteiger partial charge in [0, 0.05) is 30.1 Å². The Labute approximate surface area is 180 Å². The predicted octanol–water partition coefficient (Wildman–Crippen LogP) is 3.00. The highest BCUT2D eigenvalue weighted by atomic mass is 16.5. The number of carbonyl (C=O) groups excluding carboxylic acids is 1. The first-order chi connectivity index (χ1) is 15.1. The predicted molar refractivity (Wildman–Crippen MR) is 115 cm³/mol. The van der Waals surface area contributed by atoms with Gasteiger partial charge in [0.1, 0.15) is 6.54 Å². The number of nitrogens with zero attached hydrogens (tertiary/aromatic N) is 5. The second kappa shape index (κ2) is 9.36. The van der Waals surface area contributed by atoms with Gasteiger partial charge in [-0.25, -0.2) is 9.97 Å². The molecule has 31 heavy (non-hydrogen) atoms. The molecule has 0 radical (unpaired) electrons. The van der Waals surface area contributed by atoms with E-state index in [1.165, 1.54) is 0 Å². The van der Waals surface area contributed by atoms with Gasteiger partial charge in [-0.1, -0.05) is 12.1 Å². The van der Waals surface area contributed by atoms with Gasteiger partial charge >= 0.3 is 0 Å². The lowest BCUT2D eigenvalue weighted by Gasteiger charge is -2.22. The molecule has 1 atom stereocenters. The summed E-state index contributed by atoms with van der Waals surface area (Å²) in [6.07, 6.45) is 7.55. The molecule has 1 saturated heterocycles. The van der Waals surface area contributed by atoms with Crippen molar-refractivity contribution < 1.29 is 9.53 Å². The molecule has 4 rings (SSSR count). The van der Waals surface area contributed by atoms with Crippen molar-refractivity contribution in [3.8, 4) is 17.3 Å². The summed E-state index contributed by atoms with van der Waals surface area (Å²) in [5.74, 6) is 0.186. The molecule has 1 fully saturated rings. The van der Waals surface area contributed by atoms with E-state index in [0.29, 0.717) is 18.1 Å². The maximum atomic E-state index is 12.0. The van der Waals surface area contributed by atoms with E-state index in [9.17, 15) is 4.79 Å². The molecule has 158 valence electrons. The molecule has 2 aromatic heterocycles. The summed E-state index contributed by atoms with van der Waals surface area (Å²) in [7, 11) is 0. The lowest BCUT2D eigenvalue weighted by molar-refractivity contribution is 0.0549. The number of hydrogen-bond donors (Lipinski definition) is 2. The second-order valence-corrected chi connectivity index (χ2v) is 7.35. The van der Waals surface area contributed by atoms with E-state index in [1.54, 1.807) is 24.5 Å². The highest BCUT2D eigenvalue weighted by Crippen LogP contribution is 2.25. The third-order valence-electron chi connectivity index (χ3n) is 5.09. The maximum Gasteiger partial charge on any atom is 0.252 e. The van der Waals surface area contributed by atoms with Gasteiger partial charge in [0.25, 0.3) is 5.91 Å². The van der Waals surface area contributed by atoms with Gasteiger partial charge in [0.2, 0.25) is 5.95 Å². The molecule has 3 heterocycles. The number of amides is 1. The van der Waals surface area contributed by atoms with Crippen LogP contribution in [0.3, 0.4) is 0 Å². The quantitative estimate of drug-likeness (QED) is 0.592. The Morgan fingerprint density at radius 1 is 1.32 bits per heavy atom. The molecule has 1 aliphatic rings. The number of hydrogen-bond acceptors (Lipinski definition) is 7. The van der Waals surface area contributed by atoms with Crippen molar-refractivity contribution in [1.29, 1.82) is 5.26 Å². The van der Waals surface area contributed by atoms with Crippen LogP contribution < -0.4 is 10.6 Å². The van der Waals surface area contributed by atoms with Crippen LogP contribution in [0.4, 0.5) is 11.6 Å². The second-order valence-electron chi connectivity index (χ2n) is 7.35. The summed E-state index contributed by atoms with van der Waals surface area (Å²) in [4.78, 5) is 21.0. The van der Waals surface area contributed by atoms with Crippen LogP contribution >= 0.6 is 0 Å². The van der Waals surface area contributed by atoms with Crippen LogP contribution in [0, 0.1) is 18.3 Å². The number of aromatic nitrogens is 4. The molecule has 0 saturated carbocycles. The summed E-state index contributed by atoms with van der Waals surface area (Å²) < 4.78 is 7.46. The molecule has 9 heteroatoms. The fraction of sp³-hybridized carbons (Fsp3) is 0.318. The minimum atomic E-state index is -0.282. The van der Waals surface area contributed by atoms with Crippen molar-refractivity contribution in [3.63, 3.8) is 0 Å². The molecule has 0 bridgehead atoms. The molecule has 1 amide bonds. The zero-order chi connectivity index (χ0) is 21.6. The van der Waals surface area contributed by atoms with E-state index < -0.39 is 0 Å². The molecule has 1 unspecified atom stereocenters. The van der Waals surface area contributed by atoms with Crippen LogP contribution in [0.5, 0.6) is 0 Å². The zero-order valence-electron chi connectivity index (χ0n) is 17.2. The first-order valence-corrected chi connectivity index (χ1v) is 10.1. The number of benzene rings is 1. The Morgan fingerprint density at radius 2 is 2.16 bits per heavy atom. The fourth-order valence-electron chi connectivity index (χ4n) is 3.46. The minimum Gasteiger partial charge on any atom is -0.379 e. The molecule has 0 aliphatic carbocycles. The summed E-state index contributed by atoms with van der Waals surface area (Å²) in [6, 6.07) is 9.24. The largest absolute Gasteiger partial charge is 0.379 e. The summed E-state index contributed by atoms with van der Waals surface area (Å²) in [5.41, 5.74) is 3.86. The minimum absolute atomic E-state index is 0.0228. The third-order valence-corrected chi connectivity index (χ3v) is 5.09. The first kappa shape index (κ1) is 20.5. The summed E-state index contributed by atoms with van der Waals surface area (Å²) >= 11 is 0. The molecule has 1 aliphatic heterocycles. The highest BCUT2D eigenvalue weighted by molar-refractivity contribution is 5.94. The van der Waals surface area contributed by atoms with Gasteiger partial charge in [-0.05, 0) is 37.5 Å². The molecule has 0 spiro atoms. The number of ether oxygens (including phenoxy) is 1. The van der Waals surface area contributed by atoms with Crippen LogP contribution in [0.15, 0.2) is 42.9 Å². The van der Waals surface area contributed by atoms with E-state index in [0.717, 1.165) is 42.0 Å². The SMILES string of the molecule is Cc1cnc(Nc2cnn(C3CCCOC3)c2)nc1-c1ccc(C(=O)NCC#N)cc1. The third kappa shape index (κ3) is 4.87. The average molecular weight is 417 g/mol. The lowest BCUT2D eigenvalue weighted by atomic mass is 10.1. The monoisotopic (exact) mass is 417 g/mol. The number of carbonyl (C=O) groups is 1. The van der Waals surface area contributed by atoms with Crippen LogP contribution in [-0.4, -0.2) is 45.4 Å². The van der Waals surface area contributed by atoms with Crippen molar-refractivity contribution >= 4 is 17.5 Å². The van der Waals surface area contributed by atoms with Gasteiger partial charge < -0.3 is 15.4 Å². The Balaban J connectivity index is 1.49. The van der Waals surface area contributed by atoms with E-state index in [-0.39, 0.29) is 18.5 Å². The smallest absolute Gasteiger partial charge is 0.252 e. The molecular weight excluding hydrogens is 394 g/mol. The van der Waals surface area contributed by atoms with Gasteiger partial charge in [0.05, 0.1) is 36.3 Å². The van der Waals surface area contributed by atoms with Gasteiger partial charge in [-0.2, -0.15) is 10.4 Å². The summed E-state index contributed by atoms with van der Waals surface area (Å²) in [5, 5.41) is 18.8. The zero-order valence-corrected chi connectivity index (χ0v) is 17.2. The highest BCUT2D eigenvalue weighted by Gasteiger charge is 2.17. The summed E-state index contributed by atoms with van der Waals surface area (Å²) in [6.45, 7) is 3.41. The van der Waals surface area contributed by atoms with Crippen LogP contribution in [0.1, 0.15) is 34.8 Å². The van der Waals surface area contributed by atoms with Crippen LogP contribution in [0.2, 0.25) is 0 Å². The Hall–Kier alpha value is -3.77. The Bertz CT molecular complexity index is 1100. The van der Waals surface area contributed by atoms with Crippen molar-refractivity contribution in [2.45, 2.75) is 25.8 Å². The van der Waals surface area contributed by atoms with Gasteiger partial charge in [-0.3, -0.25) is 9.48 Å². The lowest BCUT2D eigenvalue weighted by Crippen LogP contribution is -2.23. The van der Waals surface area contributed by atoms with Crippen molar-refractivity contribution in [3.05, 3.63) is 54.0 Å². The maximum absolute atomic E-state index is 12.0. The molecular formula is C22H23N7O2. The van der Waals surface area contributed by atoms with Gasteiger partial charge in [-0.15, -0.1) is 0 Å². The fourth-order valence-corrected chi connectivity index (χ4v) is 3.46. The number of nitrogens with one attached hydrogen (secondary N) is 2. The molecule has 1 aromatic carbocycles. The van der Waals surface area contributed by atoms with Gasteiger partial charge in [0.15, 0.2) is 0 Å². The molecule has 3 aromatic rings. The van der Waals surface area contributed by atoms with Crippen molar-refractivity contribution in [1.82, 2.24) is 25.1 Å². The first-order valence-electron chi connectivity index (χ1n) is 10.1. The van der Waals surface area contributed by atoms with E-state index in [2.05, 4.69) is 25.7 Å². The van der Waals surface area contributed by atoms with Crippen LogP contribution in [-0.2, 0) is 4.74 Å². The van der Waals surface area contributed by atoms with Crippen molar-refractivity contribution in [2.24, 2.45) is 0 Å². The van der Waals surface area contributed by atoms with E-state index >= 15 is 0 Å².